The second-order valence-corrected chi connectivity index (χ2v) is 4.15. The van der Waals surface area contributed by atoms with Gasteiger partial charge in [-0.3, -0.25) is 4.68 Å². The van der Waals surface area contributed by atoms with E-state index in [1.54, 1.807) is 0 Å². The molecule has 2 aromatic heterocycles. The minimum Gasteiger partial charge on any atom is -0.265 e. The van der Waals surface area contributed by atoms with Gasteiger partial charge in [0.1, 0.15) is 12.0 Å². The molecule has 89 valence electrons. The van der Waals surface area contributed by atoms with Crippen molar-refractivity contribution in [3.63, 3.8) is 0 Å². The molecule has 0 aliphatic carbocycles. The summed E-state index contributed by atoms with van der Waals surface area (Å²) in [5.41, 5.74) is 1.94. The molecule has 0 saturated heterocycles. The number of rotatable bonds is 3. The average molecular weight is 237 g/mol. The standard InChI is InChI=1S/C14H13N4/c1-2-13-15-8-12-10-18(17-14(12)16-13)9-11-6-4-3-5-7-11/h3-7,10H,2,9H2,1H3. The van der Waals surface area contributed by atoms with Gasteiger partial charge in [0.25, 0.3) is 0 Å². The number of nitrogens with zero attached hydrogens (tertiary/aromatic N) is 4. The van der Waals surface area contributed by atoms with Crippen molar-refractivity contribution in [2.45, 2.75) is 19.9 Å². The molecule has 0 aliphatic rings. The Labute approximate surface area is 105 Å². The van der Waals surface area contributed by atoms with Crippen LogP contribution in [0.3, 0.4) is 0 Å². The molecule has 0 atom stereocenters. The predicted octanol–water partition coefficient (Wildman–Crippen LogP) is 2.24. The quantitative estimate of drug-likeness (QED) is 0.701. The lowest BCUT2D eigenvalue weighted by molar-refractivity contribution is 0.692. The van der Waals surface area contributed by atoms with Crippen LogP contribution < -0.4 is 0 Å². The van der Waals surface area contributed by atoms with Gasteiger partial charge in [-0.1, -0.05) is 37.3 Å². The third-order valence-electron chi connectivity index (χ3n) is 2.79. The van der Waals surface area contributed by atoms with Crippen LogP contribution in [0.15, 0.2) is 36.5 Å². The number of hydrogen-bond acceptors (Lipinski definition) is 3. The molecule has 0 amide bonds. The molecule has 4 heteroatoms. The zero-order valence-electron chi connectivity index (χ0n) is 10.2. The van der Waals surface area contributed by atoms with E-state index in [4.69, 9.17) is 0 Å². The lowest BCUT2D eigenvalue weighted by atomic mass is 10.2. The van der Waals surface area contributed by atoms with Gasteiger partial charge in [0.15, 0.2) is 5.65 Å². The molecule has 1 radical (unpaired) electrons. The van der Waals surface area contributed by atoms with Crippen LogP contribution >= 0.6 is 0 Å². The van der Waals surface area contributed by atoms with Crippen molar-refractivity contribution >= 4 is 11.0 Å². The van der Waals surface area contributed by atoms with Crippen molar-refractivity contribution in [2.75, 3.05) is 0 Å². The Bertz CT molecular complexity index is 658. The summed E-state index contributed by atoms with van der Waals surface area (Å²) in [5, 5.41) is 5.31. The molecule has 3 aromatic rings. The van der Waals surface area contributed by atoms with Crippen LogP contribution in [-0.4, -0.2) is 19.7 Å². The predicted molar refractivity (Wildman–Crippen MR) is 69.1 cm³/mol. The number of aryl methyl sites for hydroxylation is 1. The van der Waals surface area contributed by atoms with Crippen LogP contribution in [0.5, 0.6) is 0 Å². The summed E-state index contributed by atoms with van der Waals surface area (Å²) in [5.74, 6) is 0.785. The van der Waals surface area contributed by atoms with Gasteiger partial charge in [-0.15, -0.1) is 0 Å². The number of hydrogen-bond donors (Lipinski definition) is 0. The van der Waals surface area contributed by atoms with Gasteiger partial charge in [0, 0.05) is 12.6 Å². The molecule has 0 fully saturated rings. The number of benzene rings is 1. The lowest BCUT2D eigenvalue weighted by Crippen LogP contribution is -1.99. The summed E-state index contributed by atoms with van der Waals surface area (Å²) in [6, 6.07) is 10.2. The Morgan fingerprint density at radius 2 is 2.06 bits per heavy atom. The minimum atomic E-state index is 0.720. The van der Waals surface area contributed by atoms with E-state index < -0.39 is 0 Å². The van der Waals surface area contributed by atoms with Crippen molar-refractivity contribution in [3.8, 4) is 0 Å². The Hall–Kier alpha value is -2.23. The van der Waals surface area contributed by atoms with Gasteiger partial charge in [-0.05, 0) is 5.56 Å². The van der Waals surface area contributed by atoms with Crippen LogP contribution in [-0.2, 0) is 13.0 Å². The molecule has 18 heavy (non-hydrogen) atoms. The van der Waals surface area contributed by atoms with Crippen LogP contribution in [0.25, 0.3) is 11.0 Å². The zero-order chi connectivity index (χ0) is 12.4. The van der Waals surface area contributed by atoms with Crippen molar-refractivity contribution in [1.82, 2.24) is 19.7 Å². The Kier molecular flexibility index (Phi) is 2.76. The van der Waals surface area contributed by atoms with E-state index in [2.05, 4.69) is 33.4 Å². The highest BCUT2D eigenvalue weighted by Crippen LogP contribution is 2.10. The fourth-order valence-corrected chi connectivity index (χ4v) is 1.85. The van der Waals surface area contributed by atoms with Crippen LogP contribution in [0.2, 0.25) is 0 Å². The molecular formula is C14H13N4. The fraction of sp³-hybridized carbons (Fsp3) is 0.214. The highest BCUT2D eigenvalue weighted by atomic mass is 15.3. The first kappa shape index (κ1) is 10.9. The Morgan fingerprint density at radius 3 is 2.83 bits per heavy atom. The number of fused-ring (bicyclic) bond motifs is 1. The topological polar surface area (TPSA) is 43.6 Å². The fourth-order valence-electron chi connectivity index (χ4n) is 1.85. The second-order valence-electron chi connectivity index (χ2n) is 4.15. The van der Waals surface area contributed by atoms with Gasteiger partial charge in [-0.2, -0.15) is 5.10 Å². The molecule has 2 heterocycles. The number of aromatic nitrogens is 4. The summed E-state index contributed by atoms with van der Waals surface area (Å²) in [7, 11) is 0. The van der Waals surface area contributed by atoms with Gasteiger partial charge >= 0.3 is 0 Å². The summed E-state index contributed by atoms with van der Waals surface area (Å²) in [4.78, 5) is 8.54. The molecule has 0 unspecified atom stereocenters. The monoisotopic (exact) mass is 237 g/mol. The molecule has 1 aromatic carbocycles. The van der Waals surface area contributed by atoms with E-state index in [0.29, 0.717) is 0 Å². The van der Waals surface area contributed by atoms with Crippen molar-refractivity contribution in [3.05, 3.63) is 54.1 Å². The van der Waals surface area contributed by atoms with E-state index >= 15 is 0 Å². The summed E-state index contributed by atoms with van der Waals surface area (Å²) < 4.78 is 1.88. The van der Waals surface area contributed by atoms with Crippen molar-refractivity contribution in [1.29, 1.82) is 0 Å². The average Bonchev–Trinajstić information content (AvgIpc) is 2.80. The maximum Gasteiger partial charge on any atom is 0.185 e. The van der Waals surface area contributed by atoms with Gasteiger partial charge in [0.05, 0.1) is 11.9 Å². The molecular weight excluding hydrogens is 224 g/mol. The van der Waals surface area contributed by atoms with Crippen LogP contribution in [0.1, 0.15) is 18.3 Å². The molecule has 0 N–H and O–H groups in total. The first-order valence-electron chi connectivity index (χ1n) is 6.01. The first-order chi connectivity index (χ1) is 8.85. The van der Waals surface area contributed by atoms with Crippen LogP contribution in [0, 0.1) is 6.20 Å². The highest BCUT2D eigenvalue weighted by Gasteiger charge is 2.04. The van der Waals surface area contributed by atoms with Gasteiger partial charge in [0.2, 0.25) is 0 Å². The third kappa shape index (κ3) is 2.09. The molecule has 3 rings (SSSR count). The van der Waals surface area contributed by atoms with Crippen molar-refractivity contribution < 1.29 is 0 Å². The largest absolute Gasteiger partial charge is 0.265 e. The molecule has 4 nitrogen and oxygen atoms in total. The minimum absolute atomic E-state index is 0.720. The molecule has 0 bridgehead atoms. The maximum atomic E-state index is 4.45. The SMILES string of the molecule is CCc1n[c]c2cn(Cc3ccccc3)nc2n1. The summed E-state index contributed by atoms with van der Waals surface area (Å²) >= 11 is 0. The van der Waals surface area contributed by atoms with E-state index in [0.717, 1.165) is 29.8 Å². The first-order valence-corrected chi connectivity index (χ1v) is 6.01. The van der Waals surface area contributed by atoms with E-state index in [1.807, 2.05) is 36.0 Å². The lowest BCUT2D eigenvalue weighted by Gasteiger charge is -1.99. The second kappa shape index (κ2) is 4.56. The summed E-state index contributed by atoms with van der Waals surface area (Å²) in [6.45, 7) is 2.77. The molecule has 0 spiro atoms. The third-order valence-corrected chi connectivity index (χ3v) is 2.79. The zero-order valence-corrected chi connectivity index (χ0v) is 10.2. The maximum absolute atomic E-state index is 4.45. The normalized spacial score (nSPS) is 10.9. The summed E-state index contributed by atoms with van der Waals surface area (Å²) in [6.07, 6.45) is 5.72. The smallest absolute Gasteiger partial charge is 0.185 e. The van der Waals surface area contributed by atoms with E-state index in [-0.39, 0.29) is 0 Å². The molecule has 0 aliphatic heterocycles. The van der Waals surface area contributed by atoms with Gasteiger partial charge < -0.3 is 0 Å². The van der Waals surface area contributed by atoms with Crippen LogP contribution in [0.4, 0.5) is 0 Å². The Balaban J connectivity index is 1.94. The van der Waals surface area contributed by atoms with E-state index in [1.165, 1.54) is 5.56 Å². The molecule has 0 saturated carbocycles. The van der Waals surface area contributed by atoms with E-state index in [9.17, 15) is 0 Å². The highest BCUT2D eigenvalue weighted by molar-refractivity contribution is 5.71. The van der Waals surface area contributed by atoms with Crippen molar-refractivity contribution in [2.24, 2.45) is 0 Å². The Morgan fingerprint density at radius 1 is 1.22 bits per heavy atom. The van der Waals surface area contributed by atoms with Gasteiger partial charge in [-0.25, -0.2) is 9.97 Å².